The standard InChI is InChI=1S/C37H57NO6/c1-22-18-24(11-16-39)43-31-30(22)34(4)13-14-37-21-36(37)12-10-27(33(2,3)25(36)8-9-26(37)35(34,5)32(31)41)44-29-20-38(15-17-42-29)28(40)19-23-6-7-23/h16,22-27,29-32,41H,6-15,17-21H2,1-5H3/t22-,24+,25+,26+,27?,29+,30+,31+,32+,34-,35-,36-,37+/m1/s1. The third-order valence-corrected chi connectivity index (χ3v) is 16.0. The molecule has 8 rings (SSSR count). The molecule has 1 amide bonds. The highest BCUT2D eigenvalue weighted by Gasteiger charge is 2.84. The minimum atomic E-state index is -0.479. The van der Waals surface area contributed by atoms with Crippen LogP contribution in [0.5, 0.6) is 0 Å². The molecule has 0 radical (unpaired) electrons. The summed E-state index contributed by atoms with van der Waals surface area (Å²) in [5.41, 5.74) is 0.540. The Bertz CT molecular complexity index is 1190. The van der Waals surface area contributed by atoms with Gasteiger partial charge in [0.2, 0.25) is 5.91 Å². The van der Waals surface area contributed by atoms with Gasteiger partial charge in [-0.1, -0.05) is 34.6 Å². The number of carbonyl (C=O) groups is 2. The highest BCUT2D eigenvalue weighted by atomic mass is 16.7. The Morgan fingerprint density at radius 1 is 1.02 bits per heavy atom. The molecule has 8 fully saturated rings. The Morgan fingerprint density at radius 3 is 2.52 bits per heavy atom. The first-order valence-electron chi connectivity index (χ1n) is 18.2. The first kappa shape index (κ1) is 30.3. The van der Waals surface area contributed by atoms with Gasteiger partial charge in [0, 0.05) is 24.8 Å². The molecule has 2 heterocycles. The minimum absolute atomic E-state index is 0.0278. The summed E-state index contributed by atoms with van der Waals surface area (Å²) in [6.45, 7) is 14.0. The normalized spacial score (nSPS) is 53.9. The van der Waals surface area contributed by atoms with Gasteiger partial charge in [0.1, 0.15) is 6.29 Å². The van der Waals surface area contributed by atoms with Gasteiger partial charge in [0.05, 0.1) is 37.6 Å². The van der Waals surface area contributed by atoms with Crippen LogP contribution in [-0.4, -0.2) is 72.6 Å². The van der Waals surface area contributed by atoms with E-state index in [1.807, 2.05) is 4.90 Å². The summed E-state index contributed by atoms with van der Waals surface area (Å²) in [7, 11) is 0. The van der Waals surface area contributed by atoms with Crippen molar-refractivity contribution in [1.82, 2.24) is 4.90 Å². The number of hydrogen-bond donors (Lipinski definition) is 1. The van der Waals surface area contributed by atoms with Crippen molar-refractivity contribution < 1.29 is 28.9 Å². The van der Waals surface area contributed by atoms with Crippen molar-refractivity contribution >= 4 is 12.2 Å². The zero-order valence-corrected chi connectivity index (χ0v) is 27.9. The molecule has 6 saturated carbocycles. The van der Waals surface area contributed by atoms with Crippen molar-refractivity contribution in [3.63, 3.8) is 0 Å². The topological polar surface area (TPSA) is 85.3 Å². The summed E-state index contributed by atoms with van der Waals surface area (Å²) < 4.78 is 19.6. The molecular weight excluding hydrogens is 554 g/mol. The maximum atomic E-state index is 12.9. The number of rotatable bonds is 6. The second kappa shape index (κ2) is 10.00. The van der Waals surface area contributed by atoms with Crippen LogP contribution in [0.2, 0.25) is 0 Å². The third-order valence-electron chi connectivity index (χ3n) is 16.0. The Balaban J connectivity index is 1.01. The Labute approximate surface area is 264 Å². The summed E-state index contributed by atoms with van der Waals surface area (Å²) >= 11 is 0. The van der Waals surface area contributed by atoms with Crippen molar-refractivity contribution in [1.29, 1.82) is 0 Å². The number of hydrogen-bond acceptors (Lipinski definition) is 6. The van der Waals surface area contributed by atoms with Crippen LogP contribution in [0.15, 0.2) is 0 Å². The van der Waals surface area contributed by atoms with Crippen molar-refractivity contribution in [3.8, 4) is 0 Å². The molecule has 0 bridgehead atoms. The monoisotopic (exact) mass is 611 g/mol. The van der Waals surface area contributed by atoms with Gasteiger partial charge in [0.15, 0.2) is 6.29 Å². The van der Waals surface area contributed by atoms with E-state index in [0.29, 0.717) is 73.0 Å². The van der Waals surface area contributed by atoms with E-state index in [4.69, 9.17) is 14.2 Å². The molecule has 1 unspecified atom stereocenters. The zero-order chi connectivity index (χ0) is 30.9. The number of aldehydes is 1. The molecule has 44 heavy (non-hydrogen) atoms. The summed E-state index contributed by atoms with van der Waals surface area (Å²) in [5, 5.41) is 12.3. The van der Waals surface area contributed by atoms with Gasteiger partial charge >= 0.3 is 0 Å². The lowest BCUT2D eigenvalue weighted by Gasteiger charge is -2.64. The van der Waals surface area contributed by atoms with Crippen LogP contribution in [0.3, 0.4) is 0 Å². The number of ether oxygens (including phenoxy) is 3. The lowest BCUT2D eigenvalue weighted by atomic mass is 9.41. The van der Waals surface area contributed by atoms with Crippen LogP contribution < -0.4 is 0 Å². The molecule has 7 heteroatoms. The fraction of sp³-hybridized carbons (Fsp3) is 0.946. The molecule has 8 aliphatic rings. The van der Waals surface area contributed by atoms with E-state index in [0.717, 1.165) is 19.1 Å². The number of carbonyl (C=O) groups excluding carboxylic acids is 2. The number of amides is 1. The van der Waals surface area contributed by atoms with Gasteiger partial charge in [-0.15, -0.1) is 0 Å². The largest absolute Gasteiger partial charge is 0.390 e. The molecular formula is C37H57NO6. The van der Waals surface area contributed by atoms with Crippen molar-refractivity contribution in [2.24, 2.45) is 56.7 Å². The molecule has 2 aliphatic heterocycles. The Morgan fingerprint density at radius 2 is 1.77 bits per heavy atom. The predicted octanol–water partition coefficient (Wildman–Crippen LogP) is 5.76. The summed E-state index contributed by atoms with van der Waals surface area (Å²) in [6, 6.07) is 0. The number of aliphatic hydroxyl groups is 1. The van der Waals surface area contributed by atoms with Crippen LogP contribution in [-0.2, 0) is 23.8 Å². The van der Waals surface area contributed by atoms with Crippen molar-refractivity contribution in [2.45, 2.75) is 142 Å². The van der Waals surface area contributed by atoms with E-state index in [1.54, 1.807) is 0 Å². The minimum Gasteiger partial charge on any atom is -0.390 e. The van der Waals surface area contributed by atoms with Crippen LogP contribution in [0, 0.1) is 56.7 Å². The lowest BCUT2D eigenvalue weighted by molar-refractivity contribution is -0.248. The number of fused-ring (bicyclic) bond motifs is 4. The molecule has 0 aromatic rings. The van der Waals surface area contributed by atoms with Gasteiger partial charge in [-0.3, -0.25) is 4.79 Å². The molecule has 7 nitrogen and oxygen atoms in total. The Kier molecular flexibility index (Phi) is 6.89. The van der Waals surface area contributed by atoms with Gasteiger partial charge in [0.25, 0.3) is 0 Å². The predicted molar refractivity (Wildman–Crippen MR) is 165 cm³/mol. The summed E-state index contributed by atoms with van der Waals surface area (Å²) in [4.78, 5) is 26.2. The summed E-state index contributed by atoms with van der Waals surface area (Å²) in [5.74, 6) is 2.78. The van der Waals surface area contributed by atoms with Gasteiger partial charge in [-0.2, -0.15) is 0 Å². The lowest BCUT2D eigenvalue weighted by Crippen LogP contribution is -2.60. The highest BCUT2D eigenvalue weighted by Crippen LogP contribution is 2.89. The fourth-order valence-electron chi connectivity index (χ4n) is 13.7. The maximum Gasteiger partial charge on any atom is 0.223 e. The molecule has 13 atom stereocenters. The average molecular weight is 612 g/mol. The van der Waals surface area contributed by atoms with Crippen LogP contribution in [0.1, 0.15) is 112 Å². The Hall–Kier alpha value is -1.02. The van der Waals surface area contributed by atoms with Gasteiger partial charge in [-0.25, -0.2) is 0 Å². The molecule has 246 valence electrons. The SMILES string of the molecule is C[C@@H]1C[C@H](CC=O)O[C@H]2[C@H]1[C@@]1(C)CC[C@@]34C[C@@]35CCC(O[C@H]3CN(C(=O)CC6CC6)CCO3)C(C)(C)[C@@H]5CC[C@H]4[C@]1(C)[C@H]2O. The van der Waals surface area contributed by atoms with Crippen LogP contribution >= 0.6 is 0 Å². The smallest absolute Gasteiger partial charge is 0.223 e. The highest BCUT2D eigenvalue weighted by molar-refractivity contribution is 5.76. The quantitative estimate of drug-likeness (QED) is 0.385. The molecule has 6 aliphatic carbocycles. The second-order valence-corrected chi connectivity index (χ2v) is 18.0. The van der Waals surface area contributed by atoms with Gasteiger partial charge < -0.3 is 29.0 Å². The second-order valence-electron chi connectivity index (χ2n) is 18.0. The number of aliphatic hydroxyl groups excluding tert-OH is 1. The molecule has 2 saturated heterocycles. The van der Waals surface area contributed by atoms with E-state index >= 15 is 0 Å². The number of morpholine rings is 1. The van der Waals surface area contributed by atoms with Crippen molar-refractivity contribution in [3.05, 3.63) is 0 Å². The van der Waals surface area contributed by atoms with E-state index in [1.165, 1.54) is 51.4 Å². The van der Waals surface area contributed by atoms with E-state index < -0.39 is 6.10 Å². The third kappa shape index (κ3) is 3.94. The van der Waals surface area contributed by atoms with Crippen LogP contribution in [0.25, 0.3) is 0 Å². The van der Waals surface area contributed by atoms with Gasteiger partial charge in [-0.05, 0) is 115 Å². The van der Waals surface area contributed by atoms with E-state index in [9.17, 15) is 14.7 Å². The van der Waals surface area contributed by atoms with Crippen molar-refractivity contribution in [2.75, 3.05) is 19.7 Å². The van der Waals surface area contributed by atoms with E-state index in [-0.39, 0.29) is 46.8 Å². The number of nitrogens with zero attached hydrogens (tertiary/aromatic N) is 1. The molecule has 0 aromatic carbocycles. The molecule has 0 aromatic heterocycles. The van der Waals surface area contributed by atoms with E-state index in [2.05, 4.69) is 34.6 Å². The fourth-order valence-corrected chi connectivity index (χ4v) is 13.7. The molecule has 1 N–H and O–H groups in total. The average Bonchev–Trinajstić information content (AvgIpc) is 3.90. The first-order valence-corrected chi connectivity index (χ1v) is 18.2. The van der Waals surface area contributed by atoms with Crippen LogP contribution in [0.4, 0.5) is 0 Å². The molecule has 2 spiro atoms. The maximum absolute atomic E-state index is 12.9. The summed E-state index contributed by atoms with van der Waals surface area (Å²) in [6.07, 6.45) is 12.9. The zero-order valence-electron chi connectivity index (χ0n) is 27.9. The first-order chi connectivity index (χ1) is 20.9.